The smallest absolute Gasteiger partial charge is 0.121 e. The lowest BCUT2D eigenvalue weighted by Gasteiger charge is -2.07. The van der Waals surface area contributed by atoms with Crippen LogP contribution < -0.4 is 4.74 Å². The van der Waals surface area contributed by atoms with E-state index in [1.165, 1.54) is 0 Å². The number of halogens is 1. The van der Waals surface area contributed by atoms with Crippen molar-refractivity contribution in [3.63, 3.8) is 0 Å². The Bertz CT molecular complexity index is 374. The van der Waals surface area contributed by atoms with Crippen LogP contribution in [0.15, 0.2) is 22.7 Å². The number of nitrogens with zero attached hydrogens (tertiary/aromatic N) is 1. The molecule has 0 saturated carbocycles. The molecule has 0 spiro atoms. The maximum atomic E-state index is 8.78. The standard InChI is InChI=1S/C12H14BrNO2/c1-2-3-15-4-5-16-12-7-10(9-14)6-11(13)8-12/h6-8H,2-5H2,1H3. The van der Waals surface area contributed by atoms with Crippen LogP contribution in [0.1, 0.15) is 18.9 Å². The summed E-state index contributed by atoms with van der Waals surface area (Å²) in [5.74, 6) is 0.686. The van der Waals surface area contributed by atoms with Crippen molar-refractivity contribution in [2.75, 3.05) is 19.8 Å². The minimum Gasteiger partial charge on any atom is -0.491 e. The summed E-state index contributed by atoms with van der Waals surface area (Å²) in [5.41, 5.74) is 0.582. The minimum absolute atomic E-state index is 0.501. The highest BCUT2D eigenvalue weighted by Gasteiger charge is 1.99. The average Bonchev–Trinajstić information content (AvgIpc) is 2.28. The van der Waals surface area contributed by atoms with Crippen LogP contribution in [-0.4, -0.2) is 19.8 Å². The van der Waals surface area contributed by atoms with E-state index in [4.69, 9.17) is 14.7 Å². The number of rotatable bonds is 6. The predicted molar refractivity (Wildman–Crippen MR) is 65.5 cm³/mol. The molecule has 1 rings (SSSR count). The third-order valence-corrected chi connectivity index (χ3v) is 2.30. The average molecular weight is 284 g/mol. The Morgan fingerprint density at radius 2 is 2.06 bits per heavy atom. The Hall–Kier alpha value is -1.05. The summed E-state index contributed by atoms with van der Waals surface area (Å²) in [5, 5.41) is 8.78. The molecule has 0 fully saturated rings. The molecular formula is C12H14BrNO2. The van der Waals surface area contributed by atoms with E-state index in [1.807, 2.05) is 6.07 Å². The van der Waals surface area contributed by atoms with Crippen LogP contribution >= 0.6 is 15.9 Å². The van der Waals surface area contributed by atoms with Gasteiger partial charge in [0.1, 0.15) is 12.4 Å². The predicted octanol–water partition coefficient (Wildman–Crippen LogP) is 3.13. The van der Waals surface area contributed by atoms with Crippen LogP contribution in [0.2, 0.25) is 0 Å². The number of hydrogen-bond acceptors (Lipinski definition) is 3. The Balaban J connectivity index is 2.42. The molecule has 0 unspecified atom stereocenters. The first-order chi connectivity index (χ1) is 7.76. The molecule has 16 heavy (non-hydrogen) atoms. The van der Waals surface area contributed by atoms with Gasteiger partial charge in [-0.1, -0.05) is 22.9 Å². The number of nitriles is 1. The molecule has 0 N–H and O–H groups in total. The highest BCUT2D eigenvalue weighted by molar-refractivity contribution is 9.10. The molecule has 1 aromatic carbocycles. The van der Waals surface area contributed by atoms with E-state index in [0.29, 0.717) is 24.5 Å². The van der Waals surface area contributed by atoms with E-state index < -0.39 is 0 Å². The molecule has 0 atom stereocenters. The second-order valence-electron chi connectivity index (χ2n) is 3.25. The van der Waals surface area contributed by atoms with Crippen LogP contribution in [0.25, 0.3) is 0 Å². The quantitative estimate of drug-likeness (QED) is 0.754. The van der Waals surface area contributed by atoms with Crippen molar-refractivity contribution >= 4 is 15.9 Å². The van der Waals surface area contributed by atoms with Gasteiger partial charge in [-0.15, -0.1) is 0 Å². The van der Waals surface area contributed by atoms with E-state index in [2.05, 4.69) is 28.9 Å². The molecule has 0 saturated heterocycles. The Morgan fingerprint density at radius 1 is 1.25 bits per heavy atom. The molecule has 0 aliphatic carbocycles. The maximum Gasteiger partial charge on any atom is 0.121 e. The molecule has 3 nitrogen and oxygen atoms in total. The monoisotopic (exact) mass is 283 g/mol. The van der Waals surface area contributed by atoms with Gasteiger partial charge in [-0.3, -0.25) is 0 Å². The molecule has 0 heterocycles. The van der Waals surface area contributed by atoms with Crippen LogP contribution in [-0.2, 0) is 4.74 Å². The summed E-state index contributed by atoms with van der Waals surface area (Å²) in [4.78, 5) is 0. The fourth-order valence-corrected chi connectivity index (χ4v) is 1.65. The molecule has 0 amide bonds. The van der Waals surface area contributed by atoms with Crippen LogP contribution in [0.3, 0.4) is 0 Å². The van der Waals surface area contributed by atoms with Gasteiger partial charge in [0.05, 0.1) is 18.2 Å². The SMILES string of the molecule is CCCOCCOc1cc(Br)cc(C#N)c1. The molecule has 0 aliphatic heterocycles. The van der Waals surface area contributed by atoms with Crippen LogP contribution in [0.4, 0.5) is 0 Å². The summed E-state index contributed by atoms with van der Waals surface area (Å²) < 4.78 is 11.6. The zero-order valence-corrected chi connectivity index (χ0v) is 10.8. The topological polar surface area (TPSA) is 42.2 Å². The van der Waals surface area contributed by atoms with E-state index in [9.17, 15) is 0 Å². The lowest BCUT2D eigenvalue weighted by molar-refractivity contribution is 0.101. The molecule has 1 aromatic rings. The van der Waals surface area contributed by atoms with Crippen LogP contribution in [0.5, 0.6) is 5.75 Å². The molecule has 0 bridgehead atoms. The molecule has 86 valence electrons. The normalized spacial score (nSPS) is 9.81. The van der Waals surface area contributed by atoms with Gasteiger partial charge in [0.25, 0.3) is 0 Å². The summed E-state index contributed by atoms with van der Waals surface area (Å²) in [6, 6.07) is 7.37. The van der Waals surface area contributed by atoms with Crippen molar-refractivity contribution in [3.05, 3.63) is 28.2 Å². The Labute approximate surface area is 104 Å². The molecule has 4 heteroatoms. The zero-order chi connectivity index (χ0) is 11.8. The summed E-state index contributed by atoms with van der Waals surface area (Å²) in [6.45, 7) is 3.89. The number of ether oxygens (including phenoxy) is 2. The fraction of sp³-hybridized carbons (Fsp3) is 0.417. The summed E-state index contributed by atoms with van der Waals surface area (Å²) in [6.07, 6.45) is 1.01. The third kappa shape index (κ3) is 4.65. The molecular weight excluding hydrogens is 270 g/mol. The van der Waals surface area contributed by atoms with Crippen molar-refractivity contribution in [2.45, 2.75) is 13.3 Å². The van der Waals surface area contributed by atoms with Gasteiger partial charge >= 0.3 is 0 Å². The van der Waals surface area contributed by atoms with E-state index in [1.54, 1.807) is 12.1 Å². The molecule has 0 radical (unpaired) electrons. The number of benzene rings is 1. The lowest BCUT2D eigenvalue weighted by atomic mass is 10.2. The van der Waals surface area contributed by atoms with E-state index >= 15 is 0 Å². The highest BCUT2D eigenvalue weighted by atomic mass is 79.9. The number of hydrogen-bond donors (Lipinski definition) is 0. The Kier molecular flexibility index (Phi) is 5.91. The first-order valence-corrected chi connectivity index (χ1v) is 5.96. The van der Waals surface area contributed by atoms with E-state index in [0.717, 1.165) is 17.5 Å². The van der Waals surface area contributed by atoms with Crippen molar-refractivity contribution < 1.29 is 9.47 Å². The first kappa shape index (κ1) is 13.0. The van der Waals surface area contributed by atoms with Crippen LogP contribution in [0, 0.1) is 11.3 Å². The summed E-state index contributed by atoms with van der Waals surface area (Å²) >= 11 is 3.33. The second-order valence-corrected chi connectivity index (χ2v) is 4.16. The van der Waals surface area contributed by atoms with Crippen molar-refractivity contribution in [1.29, 1.82) is 5.26 Å². The molecule has 0 aromatic heterocycles. The van der Waals surface area contributed by atoms with Gasteiger partial charge in [-0.05, 0) is 24.6 Å². The fourth-order valence-electron chi connectivity index (χ4n) is 1.18. The van der Waals surface area contributed by atoms with Crippen molar-refractivity contribution in [1.82, 2.24) is 0 Å². The lowest BCUT2D eigenvalue weighted by Crippen LogP contribution is -2.07. The van der Waals surface area contributed by atoms with Crippen molar-refractivity contribution in [3.8, 4) is 11.8 Å². The van der Waals surface area contributed by atoms with Gasteiger partial charge in [-0.25, -0.2) is 0 Å². The Morgan fingerprint density at radius 3 is 2.75 bits per heavy atom. The van der Waals surface area contributed by atoms with E-state index in [-0.39, 0.29) is 0 Å². The maximum absolute atomic E-state index is 8.78. The van der Waals surface area contributed by atoms with Gasteiger partial charge in [0, 0.05) is 11.1 Å². The first-order valence-electron chi connectivity index (χ1n) is 5.17. The highest BCUT2D eigenvalue weighted by Crippen LogP contribution is 2.20. The zero-order valence-electron chi connectivity index (χ0n) is 9.20. The minimum atomic E-state index is 0.501. The van der Waals surface area contributed by atoms with Gasteiger partial charge < -0.3 is 9.47 Å². The van der Waals surface area contributed by atoms with Crippen molar-refractivity contribution in [2.24, 2.45) is 0 Å². The third-order valence-electron chi connectivity index (χ3n) is 1.85. The van der Waals surface area contributed by atoms with Gasteiger partial charge in [0.15, 0.2) is 0 Å². The molecule has 0 aliphatic rings. The summed E-state index contributed by atoms with van der Waals surface area (Å²) in [7, 11) is 0. The largest absolute Gasteiger partial charge is 0.491 e. The van der Waals surface area contributed by atoms with Gasteiger partial charge in [0.2, 0.25) is 0 Å². The van der Waals surface area contributed by atoms with Gasteiger partial charge in [-0.2, -0.15) is 5.26 Å². The second kappa shape index (κ2) is 7.26.